The second-order valence-electron chi connectivity index (χ2n) is 3.35. The maximum atomic E-state index is 5.62. The van der Waals surface area contributed by atoms with E-state index in [2.05, 4.69) is 19.1 Å². The second kappa shape index (κ2) is 4.87. The molecule has 1 atom stereocenters. The number of anilines is 1. The van der Waals surface area contributed by atoms with Crippen LogP contribution in [0.1, 0.15) is 31.2 Å². The average Bonchev–Trinajstić information content (AvgIpc) is 2.16. The molecule has 1 rings (SSSR count). The minimum Gasteiger partial charge on any atom is -0.399 e. The SMILES string of the molecule is CCC(CCN)c1ccc(N)cc1. The minimum absolute atomic E-state index is 0.589. The van der Waals surface area contributed by atoms with E-state index in [-0.39, 0.29) is 0 Å². The lowest BCUT2D eigenvalue weighted by atomic mass is 9.93. The van der Waals surface area contributed by atoms with E-state index in [4.69, 9.17) is 11.5 Å². The first-order chi connectivity index (χ1) is 6.27. The molecule has 0 aliphatic heterocycles. The quantitative estimate of drug-likeness (QED) is 0.694. The average molecular weight is 178 g/mol. The van der Waals surface area contributed by atoms with E-state index in [0.717, 1.165) is 25.1 Å². The van der Waals surface area contributed by atoms with Gasteiger partial charge in [-0.15, -0.1) is 0 Å². The molecule has 0 bridgehead atoms. The number of hydrogen-bond donors (Lipinski definition) is 2. The smallest absolute Gasteiger partial charge is 0.0314 e. The number of rotatable bonds is 4. The van der Waals surface area contributed by atoms with Crippen molar-refractivity contribution in [2.24, 2.45) is 5.73 Å². The summed E-state index contributed by atoms with van der Waals surface area (Å²) in [6.45, 7) is 2.94. The van der Waals surface area contributed by atoms with Crippen LogP contribution in [0.3, 0.4) is 0 Å². The summed E-state index contributed by atoms with van der Waals surface area (Å²) in [5.41, 5.74) is 13.3. The van der Waals surface area contributed by atoms with E-state index in [9.17, 15) is 0 Å². The Morgan fingerprint density at radius 2 is 1.85 bits per heavy atom. The molecule has 0 heterocycles. The topological polar surface area (TPSA) is 52.0 Å². The maximum absolute atomic E-state index is 5.62. The molecular formula is C11H18N2. The lowest BCUT2D eigenvalue weighted by Gasteiger charge is -2.13. The fourth-order valence-corrected chi connectivity index (χ4v) is 1.58. The van der Waals surface area contributed by atoms with E-state index in [1.165, 1.54) is 5.56 Å². The van der Waals surface area contributed by atoms with Crippen molar-refractivity contribution in [3.63, 3.8) is 0 Å². The second-order valence-corrected chi connectivity index (χ2v) is 3.35. The molecule has 0 aliphatic rings. The number of nitrogens with two attached hydrogens (primary N) is 2. The molecule has 1 unspecified atom stereocenters. The Morgan fingerprint density at radius 1 is 1.23 bits per heavy atom. The molecule has 0 saturated carbocycles. The van der Waals surface area contributed by atoms with E-state index < -0.39 is 0 Å². The van der Waals surface area contributed by atoms with Gasteiger partial charge in [0.1, 0.15) is 0 Å². The molecule has 2 heteroatoms. The van der Waals surface area contributed by atoms with Crippen LogP contribution in [-0.2, 0) is 0 Å². The van der Waals surface area contributed by atoms with Crippen molar-refractivity contribution in [1.82, 2.24) is 0 Å². The minimum atomic E-state index is 0.589. The highest BCUT2D eigenvalue weighted by molar-refractivity contribution is 5.40. The Balaban J connectivity index is 2.73. The first-order valence-corrected chi connectivity index (χ1v) is 4.83. The third-order valence-corrected chi connectivity index (χ3v) is 2.42. The Kier molecular flexibility index (Phi) is 3.77. The van der Waals surface area contributed by atoms with E-state index in [0.29, 0.717) is 5.92 Å². The van der Waals surface area contributed by atoms with Crippen molar-refractivity contribution in [3.8, 4) is 0 Å². The van der Waals surface area contributed by atoms with Gasteiger partial charge in [0.2, 0.25) is 0 Å². The molecule has 1 aromatic carbocycles. The largest absolute Gasteiger partial charge is 0.399 e. The standard InChI is InChI=1S/C11H18N2/c1-2-9(7-8-12)10-3-5-11(13)6-4-10/h3-6,9H,2,7-8,12-13H2,1H3. The fourth-order valence-electron chi connectivity index (χ4n) is 1.58. The van der Waals surface area contributed by atoms with Crippen molar-refractivity contribution < 1.29 is 0 Å². The maximum Gasteiger partial charge on any atom is 0.0314 e. The number of nitrogen functional groups attached to an aromatic ring is 1. The molecule has 0 radical (unpaired) electrons. The summed E-state index contributed by atoms with van der Waals surface area (Å²) in [6, 6.07) is 8.10. The van der Waals surface area contributed by atoms with Crippen molar-refractivity contribution in [2.45, 2.75) is 25.7 Å². The highest BCUT2D eigenvalue weighted by Crippen LogP contribution is 2.23. The molecule has 0 amide bonds. The Bertz CT molecular complexity index is 241. The van der Waals surface area contributed by atoms with Crippen LogP contribution in [-0.4, -0.2) is 6.54 Å². The van der Waals surface area contributed by atoms with Crippen molar-refractivity contribution in [3.05, 3.63) is 29.8 Å². The molecule has 0 aliphatic carbocycles. The van der Waals surface area contributed by atoms with Gasteiger partial charge in [0.05, 0.1) is 0 Å². The molecular weight excluding hydrogens is 160 g/mol. The van der Waals surface area contributed by atoms with Gasteiger partial charge < -0.3 is 11.5 Å². The summed E-state index contributed by atoms with van der Waals surface area (Å²) < 4.78 is 0. The number of benzene rings is 1. The Hall–Kier alpha value is -1.02. The van der Waals surface area contributed by atoms with Crippen LogP contribution >= 0.6 is 0 Å². The van der Waals surface area contributed by atoms with Crippen LogP contribution in [0.5, 0.6) is 0 Å². The Morgan fingerprint density at radius 3 is 2.31 bits per heavy atom. The third kappa shape index (κ3) is 2.74. The lowest BCUT2D eigenvalue weighted by Crippen LogP contribution is -2.06. The zero-order chi connectivity index (χ0) is 9.68. The molecule has 13 heavy (non-hydrogen) atoms. The molecule has 0 fully saturated rings. The van der Waals surface area contributed by atoms with Gasteiger partial charge in [-0.05, 0) is 43.0 Å². The summed E-state index contributed by atoms with van der Waals surface area (Å²) in [5, 5.41) is 0. The van der Waals surface area contributed by atoms with Gasteiger partial charge in [-0.2, -0.15) is 0 Å². The lowest BCUT2D eigenvalue weighted by molar-refractivity contribution is 0.614. The van der Waals surface area contributed by atoms with Crippen LogP contribution in [0.25, 0.3) is 0 Å². The summed E-state index contributed by atoms with van der Waals surface area (Å²) in [5.74, 6) is 0.589. The van der Waals surface area contributed by atoms with Crippen LogP contribution < -0.4 is 11.5 Å². The molecule has 1 aromatic rings. The highest BCUT2D eigenvalue weighted by atomic mass is 14.5. The van der Waals surface area contributed by atoms with E-state index in [1.54, 1.807) is 0 Å². The van der Waals surface area contributed by atoms with E-state index >= 15 is 0 Å². The van der Waals surface area contributed by atoms with Crippen molar-refractivity contribution in [1.29, 1.82) is 0 Å². The number of hydrogen-bond acceptors (Lipinski definition) is 2. The van der Waals surface area contributed by atoms with E-state index in [1.807, 2.05) is 12.1 Å². The van der Waals surface area contributed by atoms with Gasteiger partial charge in [-0.3, -0.25) is 0 Å². The first-order valence-electron chi connectivity index (χ1n) is 4.83. The van der Waals surface area contributed by atoms with Crippen LogP contribution in [0, 0.1) is 0 Å². The van der Waals surface area contributed by atoms with Crippen LogP contribution in [0.2, 0.25) is 0 Å². The monoisotopic (exact) mass is 178 g/mol. The summed E-state index contributed by atoms with van der Waals surface area (Å²) in [6.07, 6.45) is 2.20. The molecule has 4 N–H and O–H groups in total. The molecule has 2 nitrogen and oxygen atoms in total. The van der Waals surface area contributed by atoms with Gasteiger partial charge in [0, 0.05) is 5.69 Å². The predicted octanol–water partition coefficient (Wildman–Crippen LogP) is 2.11. The fraction of sp³-hybridized carbons (Fsp3) is 0.455. The van der Waals surface area contributed by atoms with Crippen molar-refractivity contribution in [2.75, 3.05) is 12.3 Å². The van der Waals surface area contributed by atoms with Gasteiger partial charge in [-0.1, -0.05) is 19.1 Å². The van der Waals surface area contributed by atoms with Crippen molar-refractivity contribution >= 4 is 5.69 Å². The normalized spacial score (nSPS) is 12.8. The highest BCUT2D eigenvalue weighted by Gasteiger charge is 2.07. The summed E-state index contributed by atoms with van der Waals surface area (Å²) >= 11 is 0. The summed E-state index contributed by atoms with van der Waals surface area (Å²) in [4.78, 5) is 0. The van der Waals surface area contributed by atoms with Crippen LogP contribution in [0.15, 0.2) is 24.3 Å². The first kappa shape index (κ1) is 10.1. The van der Waals surface area contributed by atoms with Gasteiger partial charge in [0.25, 0.3) is 0 Å². The molecule has 0 saturated heterocycles. The predicted molar refractivity (Wildman–Crippen MR) is 57.6 cm³/mol. The molecule has 72 valence electrons. The van der Waals surface area contributed by atoms with Gasteiger partial charge in [0.15, 0.2) is 0 Å². The molecule has 0 aromatic heterocycles. The van der Waals surface area contributed by atoms with Gasteiger partial charge >= 0.3 is 0 Å². The molecule has 0 spiro atoms. The Labute approximate surface area is 79.9 Å². The zero-order valence-electron chi connectivity index (χ0n) is 8.16. The van der Waals surface area contributed by atoms with Crippen LogP contribution in [0.4, 0.5) is 5.69 Å². The van der Waals surface area contributed by atoms with Gasteiger partial charge in [-0.25, -0.2) is 0 Å². The third-order valence-electron chi connectivity index (χ3n) is 2.42. The zero-order valence-corrected chi connectivity index (χ0v) is 8.16. The summed E-state index contributed by atoms with van der Waals surface area (Å²) in [7, 11) is 0.